The van der Waals surface area contributed by atoms with E-state index in [1.165, 1.54) is 6.07 Å². The van der Waals surface area contributed by atoms with Crippen LogP contribution in [0.15, 0.2) is 41.3 Å². The summed E-state index contributed by atoms with van der Waals surface area (Å²) in [6.45, 7) is 0. The highest BCUT2D eigenvalue weighted by atomic mass is 79.9. The molecule has 6 rings (SSSR count). The van der Waals surface area contributed by atoms with Crippen molar-refractivity contribution in [3.63, 3.8) is 0 Å². The van der Waals surface area contributed by atoms with E-state index in [0.29, 0.717) is 57.8 Å². The summed E-state index contributed by atoms with van der Waals surface area (Å²) in [5.74, 6) is 0.672. The molecule has 1 aromatic carbocycles. The van der Waals surface area contributed by atoms with Crippen molar-refractivity contribution in [1.29, 1.82) is 0 Å². The van der Waals surface area contributed by atoms with Gasteiger partial charge in [-0.15, -0.1) is 0 Å². The Morgan fingerprint density at radius 3 is 2.91 bits per heavy atom. The number of amides is 1. The molecule has 0 aliphatic heterocycles. The number of fused-ring (bicyclic) bond motifs is 2. The number of hydrogen-bond donors (Lipinski definition) is 2. The lowest BCUT2D eigenvalue weighted by atomic mass is 9.89. The van der Waals surface area contributed by atoms with Crippen LogP contribution in [0.4, 0.5) is 4.39 Å². The van der Waals surface area contributed by atoms with Crippen LogP contribution in [0.25, 0.3) is 27.6 Å². The summed E-state index contributed by atoms with van der Waals surface area (Å²) in [6, 6.07) is 6.95. The van der Waals surface area contributed by atoms with Gasteiger partial charge in [-0.3, -0.25) is 9.78 Å². The van der Waals surface area contributed by atoms with E-state index in [0.717, 1.165) is 24.6 Å². The number of carbonyl (C=O) groups excluding carboxylic acids is 1. The number of aliphatic hydroxyl groups is 1. The van der Waals surface area contributed by atoms with Crippen LogP contribution < -0.4 is 5.32 Å². The maximum atomic E-state index is 14.7. The number of carbonyl (C=O) groups is 1. The van der Waals surface area contributed by atoms with Gasteiger partial charge in [0, 0.05) is 42.2 Å². The van der Waals surface area contributed by atoms with Gasteiger partial charge in [0.1, 0.15) is 15.9 Å². The number of aromatic nitrogens is 5. The summed E-state index contributed by atoms with van der Waals surface area (Å²) in [5, 5.41) is 18.5. The fraction of sp³-hybridized carbons (Fsp3) is 0.400. The quantitative estimate of drug-likeness (QED) is 0.399. The molecule has 0 unspecified atom stereocenters. The van der Waals surface area contributed by atoms with Crippen LogP contribution in [0.3, 0.4) is 0 Å². The second-order valence-electron chi connectivity index (χ2n) is 9.64. The van der Waals surface area contributed by atoms with Gasteiger partial charge < -0.3 is 10.4 Å². The van der Waals surface area contributed by atoms with Gasteiger partial charge in [-0.2, -0.15) is 5.10 Å². The lowest BCUT2D eigenvalue weighted by Gasteiger charge is -2.32. The summed E-state index contributed by atoms with van der Waals surface area (Å²) in [7, 11) is 0. The van der Waals surface area contributed by atoms with Crippen molar-refractivity contribution in [1.82, 2.24) is 30.0 Å². The minimum Gasteiger partial charge on any atom is -0.393 e. The molecule has 2 fully saturated rings. The van der Waals surface area contributed by atoms with Crippen molar-refractivity contribution >= 4 is 43.8 Å². The zero-order chi connectivity index (χ0) is 24.1. The molecule has 1 amide bonds. The Kier molecular flexibility index (Phi) is 5.72. The molecule has 3 aromatic heterocycles. The van der Waals surface area contributed by atoms with Crippen LogP contribution >= 0.6 is 15.9 Å². The zero-order valence-corrected chi connectivity index (χ0v) is 20.4. The molecule has 2 saturated carbocycles. The van der Waals surface area contributed by atoms with E-state index in [1.807, 2.05) is 12.1 Å². The number of aliphatic hydroxyl groups excluding tert-OH is 1. The standard InChI is InChI=1S/C25H24BrFN6O2/c26-23-19-12-29-21(7-13-3-4-15(6-13)25(35)30-16-9-18(34)10-16)31-24(19)33(32-23)17-8-14-2-1-5-28-22(14)20(27)11-17/h1-2,5,8,11-13,15-16,18,34H,3-4,6-7,9-10H2,(H,30,35)/t13-,15-,16?,18?/m1/s1. The molecule has 2 aliphatic rings. The third-order valence-electron chi connectivity index (χ3n) is 7.16. The lowest BCUT2D eigenvalue weighted by molar-refractivity contribution is -0.127. The normalized spacial score (nSPS) is 24.1. The monoisotopic (exact) mass is 538 g/mol. The SMILES string of the molecule is O=C(NC1CC(O)C1)[C@@H]1CC[C@@H](Cc2ncc3c(Br)nn(-c4cc(F)c5ncccc5c4)c3n2)C1. The van der Waals surface area contributed by atoms with Crippen LogP contribution in [0, 0.1) is 17.7 Å². The minimum atomic E-state index is -0.418. The molecule has 8 nitrogen and oxygen atoms in total. The maximum absolute atomic E-state index is 14.7. The molecule has 0 spiro atoms. The number of nitrogens with zero attached hydrogens (tertiary/aromatic N) is 5. The second kappa shape index (κ2) is 8.91. The molecular weight excluding hydrogens is 515 g/mol. The number of pyridine rings is 1. The van der Waals surface area contributed by atoms with Crippen molar-refractivity contribution in [2.75, 3.05) is 0 Å². The van der Waals surface area contributed by atoms with E-state index < -0.39 is 5.82 Å². The van der Waals surface area contributed by atoms with Gasteiger partial charge in [-0.25, -0.2) is 19.0 Å². The Bertz CT molecular complexity index is 1440. The molecule has 2 atom stereocenters. The van der Waals surface area contributed by atoms with Crippen molar-refractivity contribution in [2.24, 2.45) is 11.8 Å². The van der Waals surface area contributed by atoms with Gasteiger partial charge in [0.15, 0.2) is 11.5 Å². The van der Waals surface area contributed by atoms with E-state index in [2.05, 4.69) is 36.3 Å². The van der Waals surface area contributed by atoms with E-state index >= 15 is 0 Å². The highest BCUT2D eigenvalue weighted by Gasteiger charge is 2.34. The van der Waals surface area contributed by atoms with Gasteiger partial charge in [-0.1, -0.05) is 6.07 Å². The van der Waals surface area contributed by atoms with E-state index in [-0.39, 0.29) is 24.0 Å². The van der Waals surface area contributed by atoms with E-state index in [1.54, 1.807) is 23.1 Å². The third kappa shape index (κ3) is 4.29. The van der Waals surface area contributed by atoms with Crippen LogP contribution in [-0.4, -0.2) is 47.9 Å². The molecular formula is C25H24BrFN6O2. The Morgan fingerprint density at radius 1 is 1.23 bits per heavy atom. The van der Waals surface area contributed by atoms with Crippen molar-refractivity contribution in [3.05, 3.63) is 52.9 Å². The summed E-state index contributed by atoms with van der Waals surface area (Å²) in [5.41, 5.74) is 1.47. The van der Waals surface area contributed by atoms with E-state index in [9.17, 15) is 14.3 Å². The van der Waals surface area contributed by atoms with E-state index in [4.69, 9.17) is 4.98 Å². The predicted molar refractivity (Wildman–Crippen MR) is 131 cm³/mol. The first-order chi connectivity index (χ1) is 16.9. The maximum Gasteiger partial charge on any atom is 0.223 e. The molecule has 10 heteroatoms. The first-order valence-electron chi connectivity index (χ1n) is 11.9. The Morgan fingerprint density at radius 2 is 2.09 bits per heavy atom. The van der Waals surface area contributed by atoms with Crippen LogP contribution in [0.1, 0.15) is 37.9 Å². The number of halogens is 2. The predicted octanol–water partition coefficient (Wildman–Crippen LogP) is 3.86. The molecule has 2 aliphatic carbocycles. The molecule has 180 valence electrons. The number of benzene rings is 1. The Balaban J connectivity index is 1.22. The highest BCUT2D eigenvalue weighted by Crippen LogP contribution is 2.34. The lowest BCUT2D eigenvalue weighted by Crippen LogP contribution is -2.48. The smallest absolute Gasteiger partial charge is 0.223 e. The molecule has 3 heterocycles. The van der Waals surface area contributed by atoms with Crippen molar-refractivity contribution in [2.45, 2.75) is 50.7 Å². The first kappa shape index (κ1) is 22.5. The third-order valence-corrected chi connectivity index (χ3v) is 7.75. The molecule has 0 saturated heterocycles. The first-order valence-corrected chi connectivity index (χ1v) is 12.7. The number of hydrogen-bond acceptors (Lipinski definition) is 6. The van der Waals surface area contributed by atoms with Crippen LogP contribution in [-0.2, 0) is 11.2 Å². The van der Waals surface area contributed by atoms with Crippen molar-refractivity contribution in [3.8, 4) is 5.69 Å². The average molecular weight is 539 g/mol. The summed E-state index contributed by atoms with van der Waals surface area (Å²) in [6.07, 6.45) is 7.59. The van der Waals surface area contributed by atoms with Gasteiger partial charge in [0.2, 0.25) is 5.91 Å². The van der Waals surface area contributed by atoms with Gasteiger partial charge >= 0.3 is 0 Å². The fourth-order valence-corrected chi connectivity index (χ4v) is 5.66. The van der Waals surface area contributed by atoms with Gasteiger partial charge in [-0.05, 0) is 66.1 Å². The highest BCUT2D eigenvalue weighted by molar-refractivity contribution is 9.10. The fourth-order valence-electron chi connectivity index (χ4n) is 5.22. The summed E-state index contributed by atoms with van der Waals surface area (Å²) < 4.78 is 16.9. The molecule has 0 bridgehead atoms. The molecule has 2 N–H and O–H groups in total. The van der Waals surface area contributed by atoms with Crippen LogP contribution in [0.5, 0.6) is 0 Å². The summed E-state index contributed by atoms with van der Waals surface area (Å²) >= 11 is 3.48. The van der Waals surface area contributed by atoms with Gasteiger partial charge in [0.25, 0.3) is 0 Å². The Hall–Kier alpha value is -2.98. The molecule has 35 heavy (non-hydrogen) atoms. The van der Waals surface area contributed by atoms with Crippen LogP contribution in [0.2, 0.25) is 0 Å². The minimum absolute atomic E-state index is 0.00432. The number of nitrogens with one attached hydrogen (secondary N) is 1. The Labute approximate surface area is 209 Å². The molecule has 4 aromatic rings. The largest absolute Gasteiger partial charge is 0.393 e. The zero-order valence-electron chi connectivity index (χ0n) is 18.9. The number of rotatable bonds is 5. The molecule has 0 radical (unpaired) electrons. The second-order valence-corrected chi connectivity index (χ2v) is 10.4. The summed E-state index contributed by atoms with van der Waals surface area (Å²) in [4.78, 5) is 26.0. The average Bonchev–Trinajstić information content (AvgIpc) is 3.42. The topological polar surface area (TPSA) is 106 Å². The van der Waals surface area contributed by atoms with Gasteiger partial charge in [0.05, 0.1) is 17.2 Å². The van der Waals surface area contributed by atoms with Crippen molar-refractivity contribution < 1.29 is 14.3 Å².